The lowest BCUT2D eigenvalue weighted by atomic mass is 9.72. The van der Waals surface area contributed by atoms with Crippen LogP contribution in [0.1, 0.15) is 34.1 Å². The van der Waals surface area contributed by atoms with E-state index in [0.717, 1.165) is 6.42 Å². The Labute approximate surface area is 92.8 Å². The fourth-order valence-electron chi connectivity index (χ4n) is 1.91. The number of thiol groups is 1. The first-order valence-electron chi connectivity index (χ1n) is 5.39. The van der Waals surface area contributed by atoms with Crippen molar-refractivity contribution in [3.05, 3.63) is 0 Å². The van der Waals surface area contributed by atoms with Gasteiger partial charge in [0.1, 0.15) is 6.79 Å². The van der Waals surface area contributed by atoms with Crippen molar-refractivity contribution < 1.29 is 9.47 Å². The summed E-state index contributed by atoms with van der Waals surface area (Å²) in [7, 11) is 0. The van der Waals surface area contributed by atoms with Crippen LogP contribution >= 0.6 is 12.6 Å². The Morgan fingerprint density at radius 1 is 1.50 bits per heavy atom. The van der Waals surface area contributed by atoms with E-state index in [9.17, 15) is 0 Å². The number of rotatable bonds is 4. The molecule has 0 saturated carbocycles. The summed E-state index contributed by atoms with van der Waals surface area (Å²) >= 11 is 4.72. The molecule has 0 N–H and O–H groups in total. The molecule has 1 rings (SSSR count). The second-order valence-corrected chi connectivity index (χ2v) is 5.21. The van der Waals surface area contributed by atoms with Crippen molar-refractivity contribution in [2.24, 2.45) is 11.3 Å². The molecule has 84 valence electrons. The lowest BCUT2D eigenvalue weighted by molar-refractivity contribution is 0.0274. The summed E-state index contributed by atoms with van der Waals surface area (Å²) in [6.45, 7) is 10.1. The lowest BCUT2D eigenvalue weighted by Gasteiger charge is -2.40. The second kappa shape index (κ2) is 4.86. The van der Waals surface area contributed by atoms with Gasteiger partial charge in [-0.1, -0.05) is 27.7 Å². The Balaban J connectivity index is 2.67. The van der Waals surface area contributed by atoms with Crippen molar-refractivity contribution in [3.63, 3.8) is 0 Å². The third-order valence-electron chi connectivity index (χ3n) is 3.76. The average molecular weight is 218 g/mol. The Kier molecular flexibility index (Phi) is 4.29. The van der Waals surface area contributed by atoms with E-state index in [2.05, 4.69) is 27.7 Å². The van der Waals surface area contributed by atoms with Gasteiger partial charge in [-0.2, -0.15) is 12.6 Å². The number of ether oxygens (including phenoxy) is 2. The summed E-state index contributed by atoms with van der Waals surface area (Å²) in [6.07, 6.45) is 1.28. The van der Waals surface area contributed by atoms with E-state index in [1.807, 2.05) is 0 Å². The van der Waals surface area contributed by atoms with Crippen molar-refractivity contribution in [2.75, 3.05) is 13.4 Å². The quantitative estimate of drug-likeness (QED) is 0.731. The molecule has 14 heavy (non-hydrogen) atoms. The minimum Gasteiger partial charge on any atom is -0.353 e. The van der Waals surface area contributed by atoms with Gasteiger partial charge in [0, 0.05) is 5.25 Å². The highest BCUT2D eigenvalue weighted by Crippen LogP contribution is 2.40. The maximum Gasteiger partial charge on any atom is 0.147 e. The normalized spacial score (nSPS) is 29.1. The molecule has 1 aliphatic heterocycles. The monoisotopic (exact) mass is 218 g/mol. The highest BCUT2D eigenvalue weighted by atomic mass is 32.1. The molecule has 1 heterocycles. The molecule has 0 bridgehead atoms. The van der Waals surface area contributed by atoms with E-state index in [4.69, 9.17) is 22.1 Å². The van der Waals surface area contributed by atoms with E-state index in [-0.39, 0.29) is 16.8 Å². The van der Waals surface area contributed by atoms with E-state index < -0.39 is 0 Å². The summed E-state index contributed by atoms with van der Waals surface area (Å²) in [5.41, 5.74) is 0.224. The Hall–Kier alpha value is 0.270. The van der Waals surface area contributed by atoms with Crippen molar-refractivity contribution >= 4 is 12.6 Å². The van der Waals surface area contributed by atoms with E-state index in [1.165, 1.54) is 0 Å². The van der Waals surface area contributed by atoms with Gasteiger partial charge in [-0.15, -0.1) is 0 Å². The zero-order valence-corrected chi connectivity index (χ0v) is 10.5. The minimum absolute atomic E-state index is 0.158. The molecule has 0 radical (unpaired) electrons. The maximum absolute atomic E-state index is 5.51. The zero-order chi connectivity index (χ0) is 10.8. The van der Waals surface area contributed by atoms with Crippen molar-refractivity contribution in [1.29, 1.82) is 0 Å². The zero-order valence-electron chi connectivity index (χ0n) is 9.62. The van der Waals surface area contributed by atoms with Crippen molar-refractivity contribution in [3.8, 4) is 0 Å². The Morgan fingerprint density at radius 3 is 2.50 bits per heavy atom. The SMILES string of the molecule is CCC(C)(C(C)C)C(S)C1COCO1. The van der Waals surface area contributed by atoms with Gasteiger partial charge >= 0.3 is 0 Å². The van der Waals surface area contributed by atoms with Crippen LogP contribution in [0.5, 0.6) is 0 Å². The smallest absolute Gasteiger partial charge is 0.147 e. The van der Waals surface area contributed by atoms with Gasteiger partial charge in [0.25, 0.3) is 0 Å². The topological polar surface area (TPSA) is 18.5 Å². The molecule has 0 aromatic heterocycles. The molecule has 0 spiro atoms. The van der Waals surface area contributed by atoms with E-state index in [1.54, 1.807) is 0 Å². The van der Waals surface area contributed by atoms with Gasteiger partial charge in [-0.05, 0) is 17.8 Å². The fraction of sp³-hybridized carbons (Fsp3) is 1.00. The standard InChI is InChI=1S/C11H22O2S/c1-5-11(4,8(2)3)10(14)9-6-12-7-13-9/h8-10,14H,5-7H2,1-4H3. The molecule has 3 atom stereocenters. The summed E-state index contributed by atoms with van der Waals surface area (Å²) in [5, 5.41) is 0.259. The van der Waals surface area contributed by atoms with Crippen LogP contribution in [0.2, 0.25) is 0 Å². The van der Waals surface area contributed by atoms with Crippen LogP contribution in [0.3, 0.4) is 0 Å². The Morgan fingerprint density at radius 2 is 2.14 bits per heavy atom. The molecular weight excluding hydrogens is 196 g/mol. The fourth-order valence-corrected chi connectivity index (χ4v) is 2.57. The first-order chi connectivity index (χ1) is 6.52. The van der Waals surface area contributed by atoms with Crippen LogP contribution in [0.4, 0.5) is 0 Å². The van der Waals surface area contributed by atoms with Crippen molar-refractivity contribution in [1.82, 2.24) is 0 Å². The molecule has 0 amide bonds. The molecule has 2 nitrogen and oxygen atoms in total. The van der Waals surface area contributed by atoms with Crippen LogP contribution < -0.4 is 0 Å². The molecule has 1 aliphatic rings. The third-order valence-corrected chi connectivity index (χ3v) is 4.68. The summed E-state index contributed by atoms with van der Waals surface area (Å²) in [4.78, 5) is 0. The minimum atomic E-state index is 0.158. The molecule has 1 saturated heterocycles. The molecule has 3 unspecified atom stereocenters. The van der Waals surface area contributed by atoms with Crippen LogP contribution in [-0.2, 0) is 9.47 Å². The van der Waals surface area contributed by atoms with Gasteiger partial charge < -0.3 is 9.47 Å². The molecule has 3 heteroatoms. The molecule has 0 aromatic rings. The van der Waals surface area contributed by atoms with Crippen LogP contribution in [0.15, 0.2) is 0 Å². The van der Waals surface area contributed by atoms with Gasteiger partial charge in [-0.25, -0.2) is 0 Å². The number of hydrogen-bond donors (Lipinski definition) is 1. The van der Waals surface area contributed by atoms with Gasteiger partial charge in [-0.3, -0.25) is 0 Å². The average Bonchev–Trinajstić information content (AvgIpc) is 2.67. The van der Waals surface area contributed by atoms with Crippen LogP contribution in [0.25, 0.3) is 0 Å². The highest BCUT2D eigenvalue weighted by molar-refractivity contribution is 7.81. The number of hydrogen-bond acceptors (Lipinski definition) is 3. The summed E-state index contributed by atoms with van der Waals surface area (Å²) in [6, 6.07) is 0. The summed E-state index contributed by atoms with van der Waals surface area (Å²) < 4.78 is 10.7. The van der Waals surface area contributed by atoms with Crippen LogP contribution in [-0.4, -0.2) is 24.8 Å². The molecule has 0 aliphatic carbocycles. The molecule has 0 aromatic carbocycles. The van der Waals surface area contributed by atoms with E-state index >= 15 is 0 Å². The van der Waals surface area contributed by atoms with E-state index in [0.29, 0.717) is 19.3 Å². The predicted octanol–water partition coefficient (Wildman–Crippen LogP) is 2.73. The highest BCUT2D eigenvalue weighted by Gasteiger charge is 2.40. The van der Waals surface area contributed by atoms with Gasteiger partial charge in [0.15, 0.2) is 0 Å². The molecule has 1 fully saturated rings. The maximum atomic E-state index is 5.51. The predicted molar refractivity (Wildman–Crippen MR) is 61.7 cm³/mol. The Bertz CT molecular complexity index is 178. The first-order valence-corrected chi connectivity index (χ1v) is 5.91. The lowest BCUT2D eigenvalue weighted by Crippen LogP contribution is -2.41. The van der Waals surface area contributed by atoms with Gasteiger partial charge in [0.2, 0.25) is 0 Å². The first kappa shape index (κ1) is 12.3. The third kappa shape index (κ3) is 2.26. The largest absolute Gasteiger partial charge is 0.353 e. The van der Waals surface area contributed by atoms with Gasteiger partial charge in [0.05, 0.1) is 12.7 Å². The molecular formula is C11H22O2S. The second-order valence-electron chi connectivity index (χ2n) is 4.65. The van der Waals surface area contributed by atoms with Crippen molar-refractivity contribution in [2.45, 2.75) is 45.5 Å². The summed E-state index contributed by atoms with van der Waals surface area (Å²) in [5.74, 6) is 0.610. The van der Waals surface area contributed by atoms with Crippen LogP contribution in [0, 0.1) is 11.3 Å².